The third kappa shape index (κ3) is 3.39. The first-order valence-corrected chi connectivity index (χ1v) is 10.0. The third-order valence-electron chi connectivity index (χ3n) is 6.78. The Morgan fingerprint density at radius 2 is 2.00 bits per heavy atom. The van der Waals surface area contributed by atoms with E-state index in [0.29, 0.717) is 24.1 Å². The lowest BCUT2D eigenvalue weighted by Crippen LogP contribution is -2.59. The summed E-state index contributed by atoms with van der Waals surface area (Å²) in [5, 5.41) is 24.9. The van der Waals surface area contributed by atoms with Crippen LogP contribution in [0.4, 0.5) is 18.9 Å². The Bertz CT molecular complexity index is 810. The highest BCUT2D eigenvalue weighted by atomic mass is 19.4. The SMILES string of the molecule is O=C(O)C(F)(F)F.Oc1cc2c(c3c1OCCN3)C[C@@H]1NCC[C@]23CCCC[C@H]13. The molecular weight excluding hydrogens is 389 g/mol. The Kier molecular flexibility index (Phi) is 5.04. The number of carboxylic acid groups (broad SMARTS) is 1. The van der Waals surface area contributed by atoms with Crippen molar-refractivity contribution in [3.05, 3.63) is 17.2 Å². The largest absolute Gasteiger partial charge is 0.504 e. The van der Waals surface area contributed by atoms with Crippen molar-refractivity contribution >= 4 is 11.7 Å². The molecule has 9 heteroatoms. The highest BCUT2D eigenvalue weighted by Gasteiger charge is 2.52. The van der Waals surface area contributed by atoms with Crippen molar-refractivity contribution in [3.8, 4) is 11.5 Å². The van der Waals surface area contributed by atoms with Gasteiger partial charge in [-0.1, -0.05) is 12.8 Å². The number of carboxylic acids is 1. The molecule has 1 saturated carbocycles. The molecule has 0 aromatic heterocycles. The van der Waals surface area contributed by atoms with Crippen molar-refractivity contribution in [1.82, 2.24) is 5.32 Å². The first-order chi connectivity index (χ1) is 13.7. The van der Waals surface area contributed by atoms with Crippen LogP contribution < -0.4 is 15.4 Å². The molecule has 1 saturated heterocycles. The number of phenols is 1. The van der Waals surface area contributed by atoms with Gasteiger partial charge >= 0.3 is 12.1 Å². The minimum absolute atomic E-state index is 0.285. The van der Waals surface area contributed by atoms with E-state index in [0.717, 1.165) is 31.1 Å². The number of carbonyl (C=O) groups is 1. The molecular formula is C20H25F3N2O4. The van der Waals surface area contributed by atoms with Crippen molar-refractivity contribution in [2.45, 2.75) is 56.2 Å². The number of ether oxygens (including phenoxy) is 1. The van der Waals surface area contributed by atoms with E-state index < -0.39 is 12.1 Å². The van der Waals surface area contributed by atoms with Crippen molar-refractivity contribution in [2.75, 3.05) is 25.0 Å². The van der Waals surface area contributed by atoms with Crippen LogP contribution in [0.25, 0.3) is 0 Å². The number of rotatable bonds is 0. The van der Waals surface area contributed by atoms with Crippen LogP contribution in [0.3, 0.4) is 0 Å². The van der Waals surface area contributed by atoms with E-state index in [1.165, 1.54) is 43.2 Å². The summed E-state index contributed by atoms with van der Waals surface area (Å²) < 4.78 is 37.5. The number of hydrogen-bond donors (Lipinski definition) is 4. The molecule has 0 radical (unpaired) electrons. The minimum atomic E-state index is -5.08. The number of benzene rings is 1. The zero-order chi connectivity index (χ0) is 20.8. The number of halogens is 3. The van der Waals surface area contributed by atoms with Crippen molar-refractivity contribution in [1.29, 1.82) is 0 Å². The molecule has 4 N–H and O–H groups in total. The Morgan fingerprint density at radius 1 is 1.24 bits per heavy atom. The number of hydrogen-bond acceptors (Lipinski definition) is 5. The molecule has 2 aliphatic heterocycles. The molecule has 2 heterocycles. The molecule has 29 heavy (non-hydrogen) atoms. The van der Waals surface area contributed by atoms with E-state index in [1.807, 2.05) is 6.07 Å². The number of nitrogens with one attached hydrogen (secondary N) is 2. The molecule has 4 aliphatic rings. The summed E-state index contributed by atoms with van der Waals surface area (Å²) in [5.41, 5.74) is 4.18. The first-order valence-electron chi connectivity index (χ1n) is 10.0. The van der Waals surface area contributed by atoms with Gasteiger partial charge in [-0.2, -0.15) is 13.2 Å². The first kappa shape index (κ1) is 20.1. The van der Waals surface area contributed by atoms with Crippen molar-refractivity contribution in [3.63, 3.8) is 0 Å². The molecule has 0 spiro atoms. The number of piperidine rings is 1. The topological polar surface area (TPSA) is 90.8 Å². The van der Waals surface area contributed by atoms with Crippen LogP contribution in [0.15, 0.2) is 6.07 Å². The lowest BCUT2D eigenvalue weighted by Gasteiger charge is -2.56. The number of aliphatic carboxylic acids is 1. The number of anilines is 1. The van der Waals surface area contributed by atoms with E-state index >= 15 is 0 Å². The second-order valence-corrected chi connectivity index (χ2v) is 8.23. The average Bonchev–Trinajstić information content (AvgIpc) is 2.69. The predicted octanol–water partition coefficient (Wildman–Crippen LogP) is 3.18. The Labute approximate surface area is 166 Å². The van der Waals surface area contributed by atoms with E-state index in [1.54, 1.807) is 0 Å². The van der Waals surface area contributed by atoms with Gasteiger partial charge in [0.25, 0.3) is 0 Å². The van der Waals surface area contributed by atoms with Gasteiger partial charge < -0.3 is 25.6 Å². The van der Waals surface area contributed by atoms with Crippen molar-refractivity contribution in [2.24, 2.45) is 5.92 Å². The summed E-state index contributed by atoms with van der Waals surface area (Å²) in [5.74, 6) is -1.01. The molecule has 1 aromatic carbocycles. The van der Waals surface area contributed by atoms with Crippen LogP contribution in [-0.2, 0) is 16.6 Å². The second-order valence-electron chi connectivity index (χ2n) is 8.23. The van der Waals surface area contributed by atoms with E-state index in [2.05, 4.69) is 10.6 Å². The van der Waals surface area contributed by atoms with Crippen LogP contribution in [0, 0.1) is 5.92 Å². The van der Waals surface area contributed by atoms with Gasteiger partial charge in [-0.05, 0) is 55.3 Å². The van der Waals surface area contributed by atoms with Gasteiger partial charge in [-0.15, -0.1) is 0 Å². The van der Waals surface area contributed by atoms with Gasteiger partial charge in [-0.3, -0.25) is 0 Å². The molecule has 0 unspecified atom stereocenters. The van der Waals surface area contributed by atoms with Crippen molar-refractivity contribution < 1.29 is 32.9 Å². The van der Waals surface area contributed by atoms with Gasteiger partial charge in [-0.25, -0.2) is 4.79 Å². The second kappa shape index (κ2) is 7.27. The number of alkyl halides is 3. The lowest BCUT2D eigenvalue weighted by atomic mass is 9.52. The summed E-state index contributed by atoms with van der Waals surface area (Å²) in [4.78, 5) is 8.90. The van der Waals surface area contributed by atoms with Gasteiger partial charge in [0.2, 0.25) is 0 Å². The van der Waals surface area contributed by atoms with E-state index in [-0.39, 0.29) is 5.41 Å². The summed E-state index contributed by atoms with van der Waals surface area (Å²) >= 11 is 0. The predicted molar refractivity (Wildman–Crippen MR) is 99.5 cm³/mol. The Morgan fingerprint density at radius 3 is 2.72 bits per heavy atom. The number of phenolic OH excluding ortho intramolecular Hbond substituents is 1. The zero-order valence-electron chi connectivity index (χ0n) is 15.9. The van der Waals surface area contributed by atoms with Gasteiger partial charge in [0.15, 0.2) is 11.5 Å². The molecule has 3 atom stereocenters. The fourth-order valence-electron chi connectivity index (χ4n) is 5.70. The normalized spacial score (nSPS) is 29.6. The average molecular weight is 414 g/mol. The maximum atomic E-state index is 10.6. The number of fused-ring (bicyclic) bond motifs is 3. The maximum Gasteiger partial charge on any atom is 0.490 e. The zero-order valence-corrected chi connectivity index (χ0v) is 15.9. The molecule has 160 valence electrons. The maximum absolute atomic E-state index is 10.6. The van der Waals surface area contributed by atoms with E-state index in [9.17, 15) is 18.3 Å². The molecule has 6 nitrogen and oxygen atoms in total. The van der Waals surface area contributed by atoms with Gasteiger partial charge in [0.1, 0.15) is 6.61 Å². The van der Waals surface area contributed by atoms with Gasteiger partial charge in [0, 0.05) is 18.0 Å². The Hall–Kier alpha value is -2.16. The molecule has 2 bridgehead atoms. The fourth-order valence-corrected chi connectivity index (χ4v) is 5.70. The third-order valence-corrected chi connectivity index (χ3v) is 6.78. The molecule has 2 aliphatic carbocycles. The summed E-state index contributed by atoms with van der Waals surface area (Å²) in [6, 6.07) is 2.64. The highest BCUT2D eigenvalue weighted by Crippen LogP contribution is 2.57. The minimum Gasteiger partial charge on any atom is -0.504 e. The lowest BCUT2D eigenvalue weighted by molar-refractivity contribution is -0.192. The monoisotopic (exact) mass is 414 g/mol. The van der Waals surface area contributed by atoms with Crippen LogP contribution in [0.5, 0.6) is 11.5 Å². The fraction of sp³-hybridized carbons (Fsp3) is 0.650. The number of aromatic hydroxyl groups is 1. The highest BCUT2D eigenvalue weighted by molar-refractivity contribution is 5.73. The summed E-state index contributed by atoms with van der Waals surface area (Å²) in [6.45, 7) is 2.58. The molecule has 2 fully saturated rings. The summed E-state index contributed by atoms with van der Waals surface area (Å²) in [6.07, 6.45) is 2.49. The molecule has 1 aromatic rings. The van der Waals surface area contributed by atoms with Crippen LogP contribution in [0.2, 0.25) is 0 Å². The van der Waals surface area contributed by atoms with Gasteiger partial charge in [0.05, 0.1) is 5.69 Å². The van der Waals surface area contributed by atoms with Crippen LogP contribution >= 0.6 is 0 Å². The Balaban J connectivity index is 0.000000255. The summed E-state index contributed by atoms with van der Waals surface area (Å²) in [7, 11) is 0. The van der Waals surface area contributed by atoms with Crippen LogP contribution in [0.1, 0.15) is 43.2 Å². The standard InChI is InChI=1S/C18H24N2O2.C2HF3O2/c21-15-10-13-11(16-17(15)22-8-7-20-16)9-14-12-3-1-2-4-18(12,13)5-6-19-14;3-2(4,5)1(6)7/h10,12,14,19-21H,1-9H2;(H,6,7)/t12-,14+,18+;/m1./s1. The molecule has 0 amide bonds. The smallest absolute Gasteiger partial charge is 0.490 e. The molecule has 5 rings (SSSR count). The quantitative estimate of drug-likeness (QED) is 0.521. The van der Waals surface area contributed by atoms with Crippen LogP contribution in [-0.4, -0.2) is 48.1 Å². The van der Waals surface area contributed by atoms with E-state index in [4.69, 9.17) is 14.6 Å².